The van der Waals surface area contributed by atoms with Crippen molar-refractivity contribution < 1.29 is 46.6 Å². The molecule has 1 amide bonds. The lowest BCUT2D eigenvalue weighted by Crippen LogP contribution is -2.51. The molecule has 0 fully saturated rings. The highest BCUT2D eigenvalue weighted by atomic mass is 79.9. The zero-order valence-corrected chi connectivity index (χ0v) is 27.7. The average Bonchev–Trinajstić information content (AvgIpc) is 3.06. The van der Waals surface area contributed by atoms with Gasteiger partial charge in [-0.25, -0.2) is 0 Å². The Bertz CT molecular complexity index is 1700. The molecule has 12 heteroatoms. The van der Waals surface area contributed by atoms with Gasteiger partial charge in [-0.1, -0.05) is 60.7 Å². The standard InChI is InChI=1S/C36H33BrF3NO7/c1-3-46-33(44)35(34(45)47-4-2,25-10-6-5-7-11-25)22-48-31(42)21-23-14-19-30(29(37)20-23)41-32(43)28-13-9-8-12-27(28)24-15-17-26(18-16-24)36(38,39)40/h5-10,12-20,25H,3-4,11,21-22H2,1-2H3,(H,41,43). The molecule has 0 radical (unpaired) electrons. The third-order valence-electron chi connectivity index (χ3n) is 7.68. The molecule has 3 aromatic carbocycles. The number of esters is 3. The number of nitrogens with one attached hydrogen (secondary N) is 1. The van der Waals surface area contributed by atoms with Gasteiger partial charge in [0.15, 0.2) is 0 Å². The summed E-state index contributed by atoms with van der Waals surface area (Å²) in [6, 6.07) is 15.9. The highest BCUT2D eigenvalue weighted by molar-refractivity contribution is 9.10. The van der Waals surface area contributed by atoms with Crippen molar-refractivity contribution in [2.24, 2.45) is 11.3 Å². The molecule has 3 aromatic rings. The summed E-state index contributed by atoms with van der Waals surface area (Å²) in [6.07, 6.45) is 2.61. The molecule has 0 saturated carbocycles. The molecular weight excluding hydrogens is 695 g/mol. The molecule has 48 heavy (non-hydrogen) atoms. The van der Waals surface area contributed by atoms with Crippen molar-refractivity contribution in [3.8, 4) is 11.1 Å². The van der Waals surface area contributed by atoms with Gasteiger partial charge in [0.25, 0.3) is 5.91 Å². The van der Waals surface area contributed by atoms with Crippen LogP contribution >= 0.6 is 15.9 Å². The largest absolute Gasteiger partial charge is 0.465 e. The molecular formula is C36H33BrF3NO7. The number of anilines is 1. The van der Waals surface area contributed by atoms with E-state index in [2.05, 4.69) is 21.2 Å². The van der Waals surface area contributed by atoms with E-state index in [1.807, 2.05) is 0 Å². The molecule has 0 aromatic heterocycles. The smallest absolute Gasteiger partial charge is 0.416 e. The fourth-order valence-electron chi connectivity index (χ4n) is 5.22. The zero-order valence-electron chi connectivity index (χ0n) is 26.1. The molecule has 1 aliphatic carbocycles. The molecule has 0 bridgehead atoms. The number of amides is 1. The van der Waals surface area contributed by atoms with Crippen molar-refractivity contribution in [3.05, 3.63) is 112 Å². The number of halogens is 4. The van der Waals surface area contributed by atoms with Gasteiger partial charge >= 0.3 is 24.1 Å². The van der Waals surface area contributed by atoms with E-state index in [0.29, 0.717) is 33.3 Å². The SMILES string of the molecule is CCOC(=O)C(COC(=O)Cc1ccc(NC(=O)c2ccccc2-c2ccc(C(F)(F)F)cc2)c(Br)c1)(C(=O)OCC)C1C=CC=CC1. The molecule has 0 heterocycles. The van der Waals surface area contributed by atoms with Gasteiger partial charge in [-0.2, -0.15) is 13.2 Å². The van der Waals surface area contributed by atoms with E-state index in [1.165, 1.54) is 12.1 Å². The summed E-state index contributed by atoms with van der Waals surface area (Å²) in [5.74, 6) is -3.56. The lowest BCUT2D eigenvalue weighted by atomic mass is 9.72. The molecule has 0 saturated heterocycles. The van der Waals surface area contributed by atoms with Gasteiger partial charge in [0.1, 0.15) is 6.61 Å². The van der Waals surface area contributed by atoms with Crippen LogP contribution in [0.2, 0.25) is 0 Å². The minimum Gasteiger partial charge on any atom is -0.465 e. The monoisotopic (exact) mass is 727 g/mol. The summed E-state index contributed by atoms with van der Waals surface area (Å²) in [7, 11) is 0. The second-order valence-electron chi connectivity index (χ2n) is 10.8. The van der Waals surface area contributed by atoms with Gasteiger partial charge in [0, 0.05) is 16.0 Å². The average molecular weight is 729 g/mol. The van der Waals surface area contributed by atoms with Crippen LogP contribution in [0.1, 0.15) is 41.8 Å². The molecule has 252 valence electrons. The topological polar surface area (TPSA) is 108 Å². The minimum absolute atomic E-state index is 0.0117. The van der Waals surface area contributed by atoms with Gasteiger partial charge in [0.05, 0.1) is 30.9 Å². The molecule has 0 aliphatic heterocycles. The number of hydrogen-bond donors (Lipinski definition) is 1. The molecule has 0 spiro atoms. The Balaban J connectivity index is 1.47. The Labute approximate surface area is 284 Å². The predicted octanol–water partition coefficient (Wildman–Crippen LogP) is 7.72. The first-order chi connectivity index (χ1) is 22.9. The van der Waals surface area contributed by atoms with Crippen molar-refractivity contribution in [2.45, 2.75) is 32.9 Å². The Morgan fingerprint density at radius 1 is 0.875 bits per heavy atom. The molecule has 1 unspecified atom stereocenters. The third kappa shape index (κ3) is 8.41. The summed E-state index contributed by atoms with van der Waals surface area (Å²) in [6.45, 7) is 2.66. The summed E-state index contributed by atoms with van der Waals surface area (Å²) < 4.78 is 55.6. The van der Waals surface area contributed by atoms with Crippen LogP contribution in [0.3, 0.4) is 0 Å². The van der Waals surface area contributed by atoms with Crippen molar-refractivity contribution in [2.75, 3.05) is 25.1 Å². The number of carbonyl (C=O) groups is 4. The van der Waals surface area contributed by atoms with Crippen molar-refractivity contribution >= 4 is 45.4 Å². The number of rotatable bonds is 12. The van der Waals surface area contributed by atoms with Gasteiger partial charge in [0.2, 0.25) is 5.41 Å². The Morgan fingerprint density at radius 2 is 1.54 bits per heavy atom. The Morgan fingerprint density at radius 3 is 2.12 bits per heavy atom. The normalized spacial score (nSPS) is 14.2. The number of ether oxygens (including phenoxy) is 3. The van der Waals surface area contributed by atoms with Crippen LogP contribution in [0, 0.1) is 11.3 Å². The van der Waals surface area contributed by atoms with E-state index < -0.39 is 53.5 Å². The first kappa shape index (κ1) is 36.1. The van der Waals surface area contributed by atoms with E-state index in [0.717, 1.165) is 12.1 Å². The number of benzene rings is 3. The predicted molar refractivity (Wildman–Crippen MR) is 176 cm³/mol. The lowest BCUT2D eigenvalue weighted by molar-refractivity contribution is -0.182. The van der Waals surface area contributed by atoms with Crippen molar-refractivity contribution in [1.82, 2.24) is 0 Å². The first-order valence-electron chi connectivity index (χ1n) is 15.1. The molecule has 8 nitrogen and oxygen atoms in total. The quantitative estimate of drug-likeness (QED) is 0.116. The maximum Gasteiger partial charge on any atom is 0.416 e. The second kappa shape index (κ2) is 15.9. The molecule has 1 N–H and O–H groups in total. The van der Waals surface area contributed by atoms with Crippen molar-refractivity contribution in [1.29, 1.82) is 0 Å². The van der Waals surface area contributed by atoms with Crippen LogP contribution < -0.4 is 5.32 Å². The van der Waals surface area contributed by atoms with Crippen LogP contribution in [-0.2, 0) is 41.2 Å². The number of alkyl halides is 3. The van der Waals surface area contributed by atoms with Gasteiger partial charge < -0.3 is 19.5 Å². The van der Waals surface area contributed by atoms with Gasteiger partial charge in [-0.15, -0.1) is 0 Å². The summed E-state index contributed by atoms with van der Waals surface area (Å²) in [5.41, 5.74) is -0.681. The maximum atomic E-state index is 13.3. The molecule has 1 atom stereocenters. The Kier molecular flexibility index (Phi) is 12.0. The number of carbonyl (C=O) groups excluding carboxylic acids is 4. The summed E-state index contributed by atoms with van der Waals surface area (Å²) >= 11 is 3.41. The van der Waals surface area contributed by atoms with Crippen molar-refractivity contribution in [3.63, 3.8) is 0 Å². The van der Waals surface area contributed by atoms with Gasteiger partial charge in [-0.3, -0.25) is 19.2 Å². The van der Waals surface area contributed by atoms with Crippen LogP contribution in [0.15, 0.2) is 95.5 Å². The summed E-state index contributed by atoms with van der Waals surface area (Å²) in [5, 5.41) is 2.79. The Hall–Kier alpha value is -4.71. The zero-order chi connectivity index (χ0) is 34.9. The molecule has 1 aliphatic rings. The van der Waals surface area contributed by atoms with E-state index in [-0.39, 0.29) is 25.2 Å². The highest BCUT2D eigenvalue weighted by Crippen LogP contribution is 2.38. The lowest BCUT2D eigenvalue weighted by Gasteiger charge is -2.34. The highest BCUT2D eigenvalue weighted by Gasteiger charge is 2.55. The molecule has 4 rings (SSSR count). The minimum atomic E-state index is -4.48. The van der Waals surface area contributed by atoms with E-state index >= 15 is 0 Å². The van der Waals surface area contributed by atoms with Crippen LogP contribution in [0.4, 0.5) is 18.9 Å². The third-order valence-corrected chi connectivity index (χ3v) is 8.33. The fourth-order valence-corrected chi connectivity index (χ4v) is 5.75. The van der Waals surface area contributed by atoms with Crippen LogP contribution in [0.5, 0.6) is 0 Å². The fraction of sp³-hybridized carbons (Fsp3) is 0.278. The first-order valence-corrected chi connectivity index (χ1v) is 15.9. The van der Waals surface area contributed by atoms with E-state index in [4.69, 9.17) is 14.2 Å². The van der Waals surface area contributed by atoms with E-state index in [1.54, 1.807) is 80.6 Å². The maximum absolute atomic E-state index is 13.3. The van der Waals surface area contributed by atoms with E-state index in [9.17, 15) is 32.3 Å². The van der Waals surface area contributed by atoms with Gasteiger partial charge in [-0.05, 0) is 83.2 Å². The number of allylic oxidation sites excluding steroid dienone is 4. The number of hydrogen-bond acceptors (Lipinski definition) is 7. The van der Waals surface area contributed by atoms with Crippen LogP contribution in [-0.4, -0.2) is 43.6 Å². The van der Waals surface area contributed by atoms with Crippen LogP contribution in [0.25, 0.3) is 11.1 Å². The summed E-state index contributed by atoms with van der Waals surface area (Å²) in [4.78, 5) is 52.7. The second-order valence-corrected chi connectivity index (χ2v) is 11.6.